The molecule has 3 N–H and O–H groups in total. The summed E-state index contributed by atoms with van der Waals surface area (Å²) in [5.74, 6) is -0.921. The number of hydrogen-bond acceptors (Lipinski definition) is 4. The van der Waals surface area contributed by atoms with Gasteiger partial charge in [0.2, 0.25) is 0 Å². The van der Waals surface area contributed by atoms with E-state index >= 15 is 0 Å². The Hall–Kier alpha value is -1.82. The smallest absolute Gasteiger partial charge is 0.309 e. The van der Waals surface area contributed by atoms with Gasteiger partial charge in [-0.25, -0.2) is 0 Å². The molecule has 0 bridgehead atoms. The summed E-state index contributed by atoms with van der Waals surface area (Å²) in [6, 6.07) is 3.38. The lowest BCUT2D eigenvalue weighted by molar-refractivity contribution is -0.140. The first kappa shape index (κ1) is 14.6. The number of carbonyl (C=O) groups excluding carboxylic acids is 2. The molecule has 0 spiro atoms. The van der Waals surface area contributed by atoms with Crippen LogP contribution in [-0.4, -0.2) is 30.0 Å². The van der Waals surface area contributed by atoms with Crippen molar-refractivity contribution in [2.45, 2.75) is 31.8 Å². The van der Waals surface area contributed by atoms with Crippen molar-refractivity contribution in [3.05, 3.63) is 24.2 Å². The largest absolute Gasteiger partial charge is 0.466 e. The Labute approximate surface area is 117 Å². The first-order valence-corrected chi connectivity index (χ1v) is 6.90. The van der Waals surface area contributed by atoms with E-state index in [1.807, 2.05) is 6.92 Å². The lowest BCUT2D eigenvalue weighted by Gasteiger charge is -2.26. The Morgan fingerprint density at radius 1 is 1.40 bits per heavy atom. The van der Waals surface area contributed by atoms with Gasteiger partial charge in [0.25, 0.3) is 0 Å². The minimum atomic E-state index is -1.23. The van der Waals surface area contributed by atoms with Crippen LogP contribution in [-0.2, 0) is 15.2 Å². The fourth-order valence-corrected chi connectivity index (χ4v) is 2.13. The Morgan fingerprint density at radius 3 is 2.65 bits per heavy atom. The first-order valence-electron chi connectivity index (χ1n) is 6.90. The zero-order chi connectivity index (χ0) is 14.6. The van der Waals surface area contributed by atoms with Crippen molar-refractivity contribution in [3.63, 3.8) is 0 Å². The van der Waals surface area contributed by atoms with Crippen LogP contribution in [0.15, 0.2) is 22.8 Å². The van der Waals surface area contributed by atoms with E-state index in [1.165, 1.54) is 6.26 Å². The first-order chi connectivity index (χ1) is 9.58. The summed E-state index contributed by atoms with van der Waals surface area (Å²) in [6.45, 7) is 2.34. The van der Waals surface area contributed by atoms with Gasteiger partial charge in [0.1, 0.15) is 11.4 Å². The van der Waals surface area contributed by atoms with Gasteiger partial charge >= 0.3 is 11.8 Å². The van der Waals surface area contributed by atoms with E-state index in [4.69, 9.17) is 4.42 Å². The van der Waals surface area contributed by atoms with Crippen molar-refractivity contribution >= 4 is 11.8 Å². The van der Waals surface area contributed by atoms with Gasteiger partial charge in [-0.3, -0.25) is 9.59 Å². The van der Waals surface area contributed by atoms with E-state index in [9.17, 15) is 14.7 Å². The molecule has 1 aliphatic rings. The molecule has 1 fully saturated rings. The van der Waals surface area contributed by atoms with Crippen LogP contribution in [0.5, 0.6) is 0 Å². The second kappa shape index (κ2) is 6.09. The number of amides is 2. The Bertz CT molecular complexity index is 468. The molecule has 0 radical (unpaired) electrons. The maximum absolute atomic E-state index is 11.6. The Balaban J connectivity index is 1.93. The monoisotopic (exact) mass is 280 g/mol. The van der Waals surface area contributed by atoms with Crippen LogP contribution >= 0.6 is 0 Å². The van der Waals surface area contributed by atoms with Crippen molar-refractivity contribution in [1.29, 1.82) is 0 Å². The highest BCUT2D eigenvalue weighted by molar-refractivity contribution is 6.35. The van der Waals surface area contributed by atoms with Crippen molar-refractivity contribution < 1.29 is 19.1 Å². The highest BCUT2D eigenvalue weighted by atomic mass is 16.4. The van der Waals surface area contributed by atoms with Crippen LogP contribution in [0, 0.1) is 5.92 Å². The minimum Gasteiger partial charge on any atom is -0.466 e. The van der Waals surface area contributed by atoms with E-state index in [0.717, 1.165) is 19.3 Å². The normalized spacial score (nSPS) is 17.3. The summed E-state index contributed by atoms with van der Waals surface area (Å²) >= 11 is 0. The topological polar surface area (TPSA) is 91.6 Å². The summed E-state index contributed by atoms with van der Waals surface area (Å²) in [5.41, 5.74) is -1.23. The van der Waals surface area contributed by atoms with E-state index in [-0.39, 0.29) is 12.5 Å². The number of carbonyl (C=O) groups is 2. The van der Waals surface area contributed by atoms with E-state index in [1.54, 1.807) is 12.1 Å². The van der Waals surface area contributed by atoms with Crippen LogP contribution in [0.3, 0.4) is 0 Å². The van der Waals surface area contributed by atoms with Crippen molar-refractivity contribution in [3.8, 4) is 0 Å². The second-order valence-corrected chi connectivity index (χ2v) is 5.11. The summed E-state index contributed by atoms with van der Waals surface area (Å²) in [6.07, 6.45) is 4.01. The summed E-state index contributed by atoms with van der Waals surface area (Å²) < 4.78 is 5.26. The number of furan rings is 1. The Morgan fingerprint density at radius 2 is 2.10 bits per heavy atom. The molecule has 2 rings (SSSR count). The number of nitrogens with one attached hydrogen (secondary N) is 2. The molecular formula is C14H20N2O4. The molecule has 1 aromatic rings. The van der Waals surface area contributed by atoms with Crippen molar-refractivity contribution in [2.75, 3.05) is 13.1 Å². The average Bonchev–Trinajstić information content (AvgIpc) is 3.17. The lowest BCUT2D eigenvalue weighted by Crippen LogP contribution is -2.47. The van der Waals surface area contributed by atoms with Crippen LogP contribution in [0.4, 0.5) is 0 Å². The van der Waals surface area contributed by atoms with Crippen molar-refractivity contribution in [1.82, 2.24) is 10.6 Å². The number of aliphatic hydroxyl groups is 1. The molecule has 0 aromatic carbocycles. The van der Waals surface area contributed by atoms with Crippen LogP contribution in [0.25, 0.3) is 0 Å². The maximum atomic E-state index is 11.6. The molecule has 0 aliphatic heterocycles. The van der Waals surface area contributed by atoms with Crippen LogP contribution in [0.1, 0.15) is 31.9 Å². The molecule has 1 saturated carbocycles. The fraction of sp³-hybridized carbons (Fsp3) is 0.571. The lowest BCUT2D eigenvalue weighted by atomic mass is 9.94. The molecule has 1 atom stereocenters. The maximum Gasteiger partial charge on any atom is 0.309 e. The molecule has 2 amide bonds. The molecule has 6 nitrogen and oxygen atoms in total. The highest BCUT2D eigenvalue weighted by Crippen LogP contribution is 2.45. The zero-order valence-corrected chi connectivity index (χ0v) is 11.5. The van der Waals surface area contributed by atoms with Gasteiger partial charge in [-0.2, -0.15) is 0 Å². The third kappa shape index (κ3) is 3.19. The molecular weight excluding hydrogens is 260 g/mol. The molecule has 20 heavy (non-hydrogen) atoms. The summed E-state index contributed by atoms with van der Waals surface area (Å²) in [5, 5.41) is 15.7. The quantitative estimate of drug-likeness (QED) is 0.662. The van der Waals surface area contributed by atoms with Gasteiger partial charge in [0.15, 0.2) is 0 Å². The number of rotatable bonds is 6. The van der Waals surface area contributed by atoms with Gasteiger partial charge in [0.05, 0.1) is 12.8 Å². The van der Waals surface area contributed by atoms with Gasteiger partial charge in [-0.15, -0.1) is 0 Å². The van der Waals surface area contributed by atoms with Gasteiger partial charge in [-0.05, 0) is 37.3 Å². The molecule has 1 aliphatic carbocycles. The van der Waals surface area contributed by atoms with E-state index < -0.39 is 17.4 Å². The zero-order valence-electron chi connectivity index (χ0n) is 11.5. The van der Waals surface area contributed by atoms with Gasteiger partial charge in [0, 0.05) is 6.54 Å². The molecule has 6 heteroatoms. The van der Waals surface area contributed by atoms with Gasteiger partial charge < -0.3 is 20.2 Å². The van der Waals surface area contributed by atoms with Crippen LogP contribution in [0.2, 0.25) is 0 Å². The number of hydrogen-bond donors (Lipinski definition) is 3. The van der Waals surface area contributed by atoms with Crippen LogP contribution < -0.4 is 10.6 Å². The third-order valence-electron chi connectivity index (χ3n) is 3.46. The van der Waals surface area contributed by atoms with E-state index in [2.05, 4.69) is 10.6 Å². The third-order valence-corrected chi connectivity index (χ3v) is 3.46. The molecule has 0 saturated heterocycles. The highest BCUT2D eigenvalue weighted by Gasteiger charge is 2.47. The predicted molar refractivity (Wildman–Crippen MR) is 71.6 cm³/mol. The second-order valence-electron chi connectivity index (χ2n) is 5.11. The minimum absolute atomic E-state index is 0.0242. The molecule has 1 heterocycles. The summed E-state index contributed by atoms with van der Waals surface area (Å²) in [7, 11) is 0. The molecule has 1 aromatic heterocycles. The average molecular weight is 280 g/mol. The molecule has 110 valence electrons. The Kier molecular flexibility index (Phi) is 4.44. The fourth-order valence-electron chi connectivity index (χ4n) is 2.13. The summed E-state index contributed by atoms with van der Waals surface area (Å²) in [4.78, 5) is 23.1. The SMILES string of the molecule is CCCNC(=O)C(=O)NCC(O)(c1ccco1)C1CC1. The van der Waals surface area contributed by atoms with Gasteiger partial charge in [-0.1, -0.05) is 6.92 Å². The predicted octanol–water partition coefficient (Wildman–Crippen LogP) is 0.520. The van der Waals surface area contributed by atoms with Crippen molar-refractivity contribution in [2.24, 2.45) is 5.92 Å². The molecule has 1 unspecified atom stereocenters. The standard InChI is InChI=1S/C14H20N2O4/c1-2-7-15-12(17)13(18)16-9-14(19,10-5-6-10)11-4-3-8-20-11/h3-4,8,10,19H,2,5-7,9H2,1H3,(H,15,17)(H,16,18). The van der Waals surface area contributed by atoms with E-state index in [0.29, 0.717) is 12.3 Å².